The number of para-hydroxylation sites is 1. The molecule has 3 rings (SSSR count). The van der Waals surface area contributed by atoms with Gasteiger partial charge in [-0.25, -0.2) is 0 Å². The summed E-state index contributed by atoms with van der Waals surface area (Å²) in [7, 11) is 3.14. The number of amides is 1. The van der Waals surface area contributed by atoms with Gasteiger partial charge in [0.25, 0.3) is 5.91 Å². The number of methoxy groups -OCH3 is 2. The van der Waals surface area contributed by atoms with Crippen molar-refractivity contribution in [3.8, 4) is 11.5 Å². The Labute approximate surface area is 134 Å². The van der Waals surface area contributed by atoms with Crippen LogP contribution in [0, 0.1) is 6.92 Å². The molecular formula is C18H18N2O3. The number of fused-ring (bicyclic) bond motifs is 1. The third-order valence-corrected chi connectivity index (χ3v) is 3.78. The van der Waals surface area contributed by atoms with Crippen LogP contribution in [-0.2, 0) is 0 Å². The first-order chi connectivity index (χ1) is 11.1. The lowest BCUT2D eigenvalue weighted by Gasteiger charge is -2.12. The summed E-state index contributed by atoms with van der Waals surface area (Å²) in [5.74, 6) is 1.04. The molecule has 0 fully saturated rings. The Bertz CT molecular complexity index is 868. The summed E-state index contributed by atoms with van der Waals surface area (Å²) in [5.41, 5.74) is 2.96. The Morgan fingerprint density at radius 3 is 2.61 bits per heavy atom. The molecule has 2 N–H and O–H groups in total. The van der Waals surface area contributed by atoms with Crippen molar-refractivity contribution < 1.29 is 14.3 Å². The maximum atomic E-state index is 12.8. The maximum Gasteiger partial charge on any atom is 0.258 e. The van der Waals surface area contributed by atoms with E-state index in [1.54, 1.807) is 32.4 Å². The van der Waals surface area contributed by atoms with E-state index in [4.69, 9.17) is 9.47 Å². The van der Waals surface area contributed by atoms with Crippen LogP contribution in [0.2, 0.25) is 0 Å². The number of aromatic amines is 1. The van der Waals surface area contributed by atoms with Crippen molar-refractivity contribution in [1.82, 2.24) is 4.98 Å². The zero-order valence-electron chi connectivity index (χ0n) is 13.3. The number of aryl methyl sites for hydroxylation is 1. The molecule has 1 heterocycles. The van der Waals surface area contributed by atoms with Crippen molar-refractivity contribution >= 4 is 22.5 Å². The molecule has 0 unspecified atom stereocenters. The Morgan fingerprint density at radius 2 is 1.87 bits per heavy atom. The van der Waals surface area contributed by atoms with Crippen molar-refractivity contribution in [3.05, 3.63) is 53.7 Å². The number of ether oxygens (including phenoxy) is 2. The monoisotopic (exact) mass is 310 g/mol. The average molecular weight is 310 g/mol. The standard InChI is InChI=1S/C18H18N2O3/c1-11-17(13-6-4-5-7-14(13)19-11)18(21)20-15-10-12(22-2)8-9-16(15)23-3/h4-10,19H,1-3H3,(H,20,21). The van der Waals surface area contributed by atoms with Crippen LogP contribution in [0.3, 0.4) is 0 Å². The summed E-state index contributed by atoms with van der Waals surface area (Å²) in [6.45, 7) is 1.89. The highest BCUT2D eigenvalue weighted by Gasteiger charge is 2.17. The van der Waals surface area contributed by atoms with Gasteiger partial charge in [-0.3, -0.25) is 4.79 Å². The molecule has 0 aliphatic rings. The van der Waals surface area contributed by atoms with Crippen LogP contribution in [0.5, 0.6) is 11.5 Å². The third kappa shape index (κ3) is 2.73. The quantitative estimate of drug-likeness (QED) is 0.771. The number of H-pyrrole nitrogens is 1. The van der Waals surface area contributed by atoms with E-state index in [1.807, 2.05) is 31.2 Å². The first-order valence-electron chi connectivity index (χ1n) is 7.24. The molecule has 0 saturated heterocycles. The molecular weight excluding hydrogens is 292 g/mol. The van der Waals surface area contributed by atoms with Gasteiger partial charge in [-0.1, -0.05) is 18.2 Å². The highest BCUT2D eigenvalue weighted by Crippen LogP contribution is 2.30. The maximum absolute atomic E-state index is 12.8. The highest BCUT2D eigenvalue weighted by molar-refractivity contribution is 6.14. The SMILES string of the molecule is COc1ccc(OC)c(NC(=O)c2c(C)[nH]c3ccccc23)c1. The van der Waals surface area contributed by atoms with Gasteiger partial charge in [-0.15, -0.1) is 0 Å². The van der Waals surface area contributed by atoms with Crippen molar-refractivity contribution in [3.63, 3.8) is 0 Å². The predicted octanol–water partition coefficient (Wildman–Crippen LogP) is 3.75. The molecule has 0 aliphatic carbocycles. The van der Waals surface area contributed by atoms with Gasteiger partial charge in [0.1, 0.15) is 11.5 Å². The lowest BCUT2D eigenvalue weighted by atomic mass is 10.1. The highest BCUT2D eigenvalue weighted by atomic mass is 16.5. The molecule has 0 aliphatic heterocycles. The van der Waals surface area contributed by atoms with Gasteiger partial charge in [0.15, 0.2) is 0 Å². The summed E-state index contributed by atoms with van der Waals surface area (Å²) in [4.78, 5) is 16.0. The second-order valence-corrected chi connectivity index (χ2v) is 5.19. The number of carbonyl (C=O) groups is 1. The van der Waals surface area contributed by atoms with Crippen LogP contribution >= 0.6 is 0 Å². The van der Waals surface area contributed by atoms with E-state index >= 15 is 0 Å². The van der Waals surface area contributed by atoms with E-state index in [-0.39, 0.29) is 5.91 Å². The van der Waals surface area contributed by atoms with Crippen molar-refractivity contribution in [1.29, 1.82) is 0 Å². The van der Waals surface area contributed by atoms with Crippen molar-refractivity contribution in [2.24, 2.45) is 0 Å². The number of aromatic nitrogens is 1. The van der Waals surface area contributed by atoms with Gasteiger partial charge in [-0.05, 0) is 25.1 Å². The van der Waals surface area contributed by atoms with Crippen molar-refractivity contribution in [2.45, 2.75) is 6.92 Å². The molecule has 118 valence electrons. The van der Waals surface area contributed by atoms with E-state index in [2.05, 4.69) is 10.3 Å². The van der Waals surface area contributed by atoms with Gasteiger partial charge in [0.05, 0.1) is 25.5 Å². The van der Waals surface area contributed by atoms with Crippen LogP contribution < -0.4 is 14.8 Å². The minimum atomic E-state index is -0.188. The zero-order valence-corrected chi connectivity index (χ0v) is 13.3. The molecule has 1 aromatic heterocycles. The summed E-state index contributed by atoms with van der Waals surface area (Å²) in [6, 6.07) is 13.0. The molecule has 0 bridgehead atoms. The number of anilines is 1. The van der Waals surface area contributed by atoms with Crippen LogP contribution in [0.15, 0.2) is 42.5 Å². The van der Waals surface area contributed by atoms with Crippen LogP contribution in [-0.4, -0.2) is 25.1 Å². The first-order valence-corrected chi connectivity index (χ1v) is 7.24. The van der Waals surface area contributed by atoms with E-state index < -0.39 is 0 Å². The normalized spacial score (nSPS) is 10.6. The minimum Gasteiger partial charge on any atom is -0.497 e. The van der Waals surface area contributed by atoms with E-state index in [0.29, 0.717) is 22.7 Å². The topological polar surface area (TPSA) is 63.4 Å². The Kier molecular flexibility index (Phi) is 3.93. The molecule has 0 spiro atoms. The van der Waals surface area contributed by atoms with Gasteiger partial charge in [-0.2, -0.15) is 0 Å². The Balaban J connectivity index is 1.99. The lowest BCUT2D eigenvalue weighted by molar-refractivity contribution is 0.102. The number of nitrogens with one attached hydrogen (secondary N) is 2. The second-order valence-electron chi connectivity index (χ2n) is 5.19. The molecule has 5 nitrogen and oxygen atoms in total. The fourth-order valence-corrected chi connectivity index (χ4v) is 2.67. The number of hydrogen-bond donors (Lipinski definition) is 2. The van der Waals surface area contributed by atoms with Gasteiger partial charge >= 0.3 is 0 Å². The molecule has 2 aromatic carbocycles. The summed E-state index contributed by atoms with van der Waals surface area (Å²) in [5, 5.41) is 3.80. The van der Waals surface area contributed by atoms with Crippen LogP contribution in [0.1, 0.15) is 16.1 Å². The molecule has 23 heavy (non-hydrogen) atoms. The molecule has 0 atom stereocenters. The van der Waals surface area contributed by atoms with Gasteiger partial charge < -0.3 is 19.8 Å². The summed E-state index contributed by atoms with van der Waals surface area (Å²) < 4.78 is 10.5. The Hall–Kier alpha value is -2.95. The second kappa shape index (κ2) is 6.04. The Morgan fingerprint density at radius 1 is 1.09 bits per heavy atom. The van der Waals surface area contributed by atoms with E-state index in [9.17, 15) is 4.79 Å². The number of benzene rings is 2. The summed E-state index contributed by atoms with van der Waals surface area (Å²) in [6.07, 6.45) is 0. The minimum absolute atomic E-state index is 0.188. The third-order valence-electron chi connectivity index (χ3n) is 3.78. The number of rotatable bonds is 4. The summed E-state index contributed by atoms with van der Waals surface area (Å²) >= 11 is 0. The zero-order chi connectivity index (χ0) is 16.4. The first kappa shape index (κ1) is 15.0. The molecule has 0 radical (unpaired) electrons. The van der Waals surface area contributed by atoms with Gasteiger partial charge in [0.2, 0.25) is 0 Å². The van der Waals surface area contributed by atoms with E-state index in [0.717, 1.165) is 16.6 Å². The number of hydrogen-bond acceptors (Lipinski definition) is 3. The van der Waals surface area contributed by atoms with Crippen LogP contribution in [0.4, 0.5) is 5.69 Å². The largest absolute Gasteiger partial charge is 0.497 e. The fourth-order valence-electron chi connectivity index (χ4n) is 2.67. The molecule has 1 amide bonds. The molecule has 0 saturated carbocycles. The predicted molar refractivity (Wildman–Crippen MR) is 90.5 cm³/mol. The molecule has 5 heteroatoms. The number of carbonyl (C=O) groups excluding carboxylic acids is 1. The smallest absolute Gasteiger partial charge is 0.258 e. The average Bonchev–Trinajstić information content (AvgIpc) is 2.90. The molecule has 3 aromatic rings. The fraction of sp³-hybridized carbons (Fsp3) is 0.167. The van der Waals surface area contributed by atoms with Crippen molar-refractivity contribution in [2.75, 3.05) is 19.5 Å². The van der Waals surface area contributed by atoms with Gasteiger partial charge in [0, 0.05) is 22.7 Å². The van der Waals surface area contributed by atoms with Crippen LogP contribution in [0.25, 0.3) is 10.9 Å². The van der Waals surface area contributed by atoms with E-state index in [1.165, 1.54) is 0 Å². The lowest BCUT2D eigenvalue weighted by Crippen LogP contribution is -2.13.